The molecule has 0 amide bonds. The van der Waals surface area contributed by atoms with Crippen LogP contribution >= 0.6 is 0 Å². The number of nitrogens with one attached hydrogen (secondary N) is 1. The monoisotopic (exact) mass is 283 g/mol. The van der Waals surface area contributed by atoms with Gasteiger partial charge in [-0.05, 0) is 50.7 Å². The molecule has 2 aromatic rings. The predicted molar refractivity (Wildman–Crippen MR) is 90.8 cm³/mol. The summed E-state index contributed by atoms with van der Waals surface area (Å²) in [5.74, 6) is 0.629. The molecule has 112 valence electrons. The number of aromatic nitrogens is 1. The van der Waals surface area contributed by atoms with Crippen LogP contribution in [0, 0.1) is 12.8 Å². The van der Waals surface area contributed by atoms with Gasteiger partial charge in [0.05, 0.1) is 0 Å². The van der Waals surface area contributed by atoms with Crippen LogP contribution in [0.2, 0.25) is 0 Å². The Morgan fingerprint density at radius 2 is 1.95 bits per heavy atom. The Morgan fingerprint density at radius 1 is 1.19 bits per heavy atom. The molecule has 0 radical (unpaired) electrons. The van der Waals surface area contributed by atoms with E-state index in [0.717, 1.165) is 47.8 Å². The van der Waals surface area contributed by atoms with E-state index < -0.39 is 0 Å². The zero-order valence-corrected chi connectivity index (χ0v) is 13.3. The highest BCUT2D eigenvalue weighted by Gasteiger charge is 2.07. The molecule has 1 N–H and O–H groups in total. The van der Waals surface area contributed by atoms with Crippen LogP contribution in [-0.2, 0) is 6.42 Å². The highest BCUT2D eigenvalue weighted by molar-refractivity contribution is 5.79. The summed E-state index contributed by atoms with van der Waals surface area (Å²) in [5, 5.41) is 0.790. The Bertz CT molecular complexity index is 680. The standard InChI is InChI=1S/C19H25NO/c1-14(2)10-6-4-5-7-12-17-15(3)19(21)16-11-8-9-13-18(16)20-17/h6,8-11,13-14H,4-5,7,12H2,1-3H3,(H,20,21)/b10-6+. The summed E-state index contributed by atoms with van der Waals surface area (Å²) < 4.78 is 0. The Hall–Kier alpha value is -1.83. The quantitative estimate of drug-likeness (QED) is 0.601. The summed E-state index contributed by atoms with van der Waals surface area (Å²) in [5.41, 5.74) is 3.07. The second-order valence-electron chi connectivity index (χ2n) is 6.02. The van der Waals surface area contributed by atoms with E-state index in [1.54, 1.807) is 0 Å². The summed E-state index contributed by atoms with van der Waals surface area (Å²) in [6, 6.07) is 7.75. The first-order valence-corrected chi connectivity index (χ1v) is 7.86. The lowest BCUT2D eigenvalue weighted by molar-refractivity contribution is 0.726. The van der Waals surface area contributed by atoms with Crippen molar-refractivity contribution in [3.05, 3.63) is 57.9 Å². The predicted octanol–water partition coefficient (Wildman–Crippen LogP) is 4.76. The van der Waals surface area contributed by atoms with Gasteiger partial charge in [0, 0.05) is 22.2 Å². The molecule has 0 spiro atoms. The lowest BCUT2D eigenvalue weighted by Crippen LogP contribution is -2.11. The van der Waals surface area contributed by atoms with Crippen molar-refractivity contribution in [2.75, 3.05) is 0 Å². The van der Waals surface area contributed by atoms with Crippen molar-refractivity contribution in [2.24, 2.45) is 5.92 Å². The molecule has 1 aromatic carbocycles. The number of aryl methyl sites for hydroxylation is 1. The van der Waals surface area contributed by atoms with Gasteiger partial charge in [-0.1, -0.05) is 38.1 Å². The maximum atomic E-state index is 12.3. The molecule has 0 unspecified atom stereocenters. The van der Waals surface area contributed by atoms with E-state index >= 15 is 0 Å². The van der Waals surface area contributed by atoms with E-state index in [4.69, 9.17) is 0 Å². The van der Waals surface area contributed by atoms with Gasteiger partial charge >= 0.3 is 0 Å². The first kappa shape index (κ1) is 15.6. The minimum Gasteiger partial charge on any atom is -0.358 e. The first-order valence-electron chi connectivity index (χ1n) is 7.86. The van der Waals surface area contributed by atoms with Crippen molar-refractivity contribution in [3.8, 4) is 0 Å². The molecule has 0 atom stereocenters. The molecule has 0 saturated heterocycles. The zero-order valence-electron chi connectivity index (χ0n) is 13.3. The van der Waals surface area contributed by atoms with Gasteiger partial charge in [-0.2, -0.15) is 0 Å². The average molecular weight is 283 g/mol. The van der Waals surface area contributed by atoms with E-state index in [-0.39, 0.29) is 5.43 Å². The number of fused-ring (bicyclic) bond motifs is 1. The van der Waals surface area contributed by atoms with Crippen LogP contribution < -0.4 is 5.43 Å². The number of H-pyrrole nitrogens is 1. The van der Waals surface area contributed by atoms with E-state index in [1.807, 2.05) is 31.2 Å². The molecule has 2 heteroatoms. The van der Waals surface area contributed by atoms with Crippen molar-refractivity contribution >= 4 is 10.9 Å². The minimum absolute atomic E-state index is 0.166. The molecule has 0 aliphatic rings. The zero-order chi connectivity index (χ0) is 15.2. The highest BCUT2D eigenvalue weighted by Crippen LogP contribution is 2.13. The van der Waals surface area contributed by atoms with Gasteiger partial charge < -0.3 is 4.98 Å². The third-order valence-corrected chi connectivity index (χ3v) is 3.82. The van der Waals surface area contributed by atoms with E-state index in [1.165, 1.54) is 0 Å². The second-order valence-corrected chi connectivity index (χ2v) is 6.02. The van der Waals surface area contributed by atoms with Gasteiger partial charge in [-0.15, -0.1) is 0 Å². The van der Waals surface area contributed by atoms with Crippen LogP contribution in [0.15, 0.2) is 41.2 Å². The molecule has 1 heterocycles. The number of hydrogen-bond acceptors (Lipinski definition) is 1. The fourth-order valence-corrected chi connectivity index (χ4v) is 2.57. The number of para-hydroxylation sites is 1. The maximum absolute atomic E-state index is 12.3. The molecule has 0 aliphatic carbocycles. The molecule has 1 aromatic heterocycles. The Kier molecular flexibility index (Phi) is 5.38. The fourth-order valence-electron chi connectivity index (χ4n) is 2.57. The number of unbranched alkanes of at least 4 members (excludes halogenated alkanes) is 2. The molecular weight excluding hydrogens is 258 g/mol. The Labute approximate surface area is 126 Å². The van der Waals surface area contributed by atoms with E-state index in [9.17, 15) is 4.79 Å². The molecule has 0 fully saturated rings. The minimum atomic E-state index is 0.166. The summed E-state index contributed by atoms with van der Waals surface area (Å²) in [6.45, 7) is 6.32. The number of aromatic amines is 1. The topological polar surface area (TPSA) is 32.9 Å². The van der Waals surface area contributed by atoms with Crippen LogP contribution in [0.25, 0.3) is 10.9 Å². The van der Waals surface area contributed by atoms with E-state index in [2.05, 4.69) is 31.0 Å². The number of benzene rings is 1. The Balaban J connectivity index is 2.02. The highest BCUT2D eigenvalue weighted by atomic mass is 16.1. The van der Waals surface area contributed by atoms with Crippen molar-refractivity contribution in [2.45, 2.75) is 46.5 Å². The molecule has 0 bridgehead atoms. The van der Waals surface area contributed by atoms with Gasteiger partial charge in [-0.25, -0.2) is 0 Å². The lowest BCUT2D eigenvalue weighted by Gasteiger charge is -2.08. The fraction of sp³-hybridized carbons (Fsp3) is 0.421. The van der Waals surface area contributed by atoms with Crippen LogP contribution in [0.5, 0.6) is 0 Å². The van der Waals surface area contributed by atoms with E-state index in [0.29, 0.717) is 5.92 Å². The summed E-state index contributed by atoms with van der Waals surface area (Å²) >= 11 is 0. The summed E-state index contributed by atoms with van der Waals surface area (Å²) in [7, 11) is 0. The molecule has 2 nitrogen and oxygen atoms in total. The van der Waals surface area contributed by atoms with Gasteiger partial charge in [-0.3, -0.25) is 4.79 Å². The van der Waals surface area contributed by atoms with Gasteiger partial charge in [0.25, 0.3) is 0 Å². The van der Waals surface area contributed by atoms with Crippen LogP contribution in [0.4, 0.5) is 0 Å². The number of hydrogen-bond donors (Lipinski definition) is 1. The van der Waals surface area contributed by atoms with Crippen LogP contribution in [0.3, 0.4) is 0 Å². The SMILES string of the molecule is Cc1c(CCCC/C=C/C(C)C)[nH]c2ccccc2c1=O. The maximum Gasteiger partial charge on any atom is 0.192 e. The number of rotatable bonds is 6. The molecule has 2 rings (SSSR count). The smallest absolute Gasteiger partial charge is 0.192 e. The second kappa shape index (κ2) is 7.26. The largest absolute Gasteiger partial charge is 0.358 e. The third-order valence-electron chi connectivity index (χ3n) is 3.82. The summed E-state index contributed by atoms with van der Waals surface area (Å²) in [4.78, 5) is 15.8. The van der Waals surface area contributed by atoms with Gasteiger partial charge in [0.2, 0.25) is 0 Å². The molecular formula is C19H25NO. The normalized spacial score (nSPS) is 11.8. The molecule has 0 aliphatic heterocycles. The lowest BCUT2D eigenvalue weighted by atomic mass is 10.0. The van der Waals surface area contributed by atoms with Gasteiger partial charge in [0.15, 0.2) is 5.43 Å². The third kappa shape index (κ3) is 4.07. The molecule has 21 heavy (non-hydrogen) atoms. The average Bonchev–Trinajstić information content (AvgIpc) is 2.47. The number of pyridine rings is 1. The Morgan fingerprint density at radius 3 is 2.71 bits per heavy atom. The molecule has 0 saturated carbocycles. The first-order chi connectivity index (χ1) is 10.1. The van der Waals surface area contributed by atoms with Crippen molar-refractivity contribution < 1.29 is 0 Å². The van der Waals surface area contributed by atoms with Crippen molar-refractivity contribution in [1.82, 2.24) is 4.98 Å². The number of allylic oxidation sites excluding steroid dienone is 2. The van der Waals surface area contributed by atoms with Gasteiger partial charge in [0.1, 0.15) is 0 Å². The van der Waals surface area contributed by atoms with Crippen LogP contribution in [-0.4, -0.2) is 4.98 Å². The summed E-state index contributed by atoms with van der Waals surface area (Å²) in [6.07, 6.45) is 8.86. The van der Waals surface area contributed by atoms with Crippen molar-refractivity contribution in [1.29, 1.82) is 0 Å². The van der Waals surface area contributed by atoms with Crippen LogP contribution in [0.1, 0.15) is 44.4 Å². The van der Waals surface area contributed by atoms with Crippen molar-refractivity contribution in [3.63, 3.8) is 0 Å².